The average Bonchev–Trinajstić information content (AvgIpc) is 2.79. The zero-order valence-corrected chi connectivity index (χ0v) is 18.5. The standard InChI is InChI=1S/C23H28N2O4S/c1-4-25(5-2)30(27,28)22-17-20(11-12-21(22)29-3)23(26)24-15-13-19(14-16-24)18-9-7-6-8-10-18/h6-13,17H,4-5,14-16H2,1-3H3. The largest absolute Gasteiger partial charge is 0.495 e. The van der Waals surface area contributed by atoms with Crippen LogP contribution >= 0.6 is 0 Å². The number of nitrogens with zero attached hydrogens (tertiary/aromatic N) is 2. The molecule has 0 bridgehead atoms. The normalized spacial score (nSPS) is 14.5. The van der Waals surface area contributed by atoms with Gasteiger partial charge in [-0.1, -0.05) is 50.3 Å². The van der Waals surface area contributed by atoms with Crippen LogP contribution in [0.3, 0.4) is 0 Å². The zero-order valence-electron chi connectivity index (χ0n) is 17.7. The summed E-state index contributed by atoms with van der Waals surface area (Å²) in [5, 5.41) is 0. The lowest BCUT2D eigenvalue weighted by Crippen LogP contribution is -2.35. The molecule has 0 aromatic heterocycles. The second-order valence-corrected chi connectivity index (χ2v) is 8.96. The van der Waals surface area contributed by atoms with Gasteiger partial charge < -0.3 is 9.64 Å². The van der Waals surface area contributed by atoms with Crippen LogP contribution in [0, 0.1) is 0 Å². The number of carbonyl (C=O) groups excluding carboxylic acids is 1. The summed E-state index contributed by atoms with van der Waals surface area (Å²) in [6.07, 6.45) is 2.82. The lowest BCUT2D eigenvalue weighted by Gasteiger charge is -2.27. The van der Waals surface area contributed by atoms with E-state index in [1.54, 1.807) is 30.9 Å². The minimum Gasteiger partial charge on any atom is -0.495 e. The number of hydrogen-bond donors (Lipinski definition) is 0. The van der Waals surface area contributed by atoms with Gasteiger partial charge in [0.1, 0.15) is 10.6 Å². The summed E-state index contributed by atoms with van der Waals surface area (Å²) in [5.74, 6) is 0.0559. The monoisotopic (exact) mass is 428 g/mol. The van der Waals surface area contributed by atoms with Gasteiger partial charge in [0.2, 0.25) is 10.0 Å². The molecule has 1 aliphatic heterocycles. The minimum atomic E-state index is -3.75. The van der Waals surface area contributed by atoms with Crippen molar-refractivity contribution in [2.45, 2.75) is 25.2 Å². The van der Waals surface area contributed by atoms with Gasteiger partial charge in [-0.3, -0.25) is 4.79 Å². The third kappa shape index (κ3) is 4.42. The number of hydrogen-bond acceptors (Lipinski definition) is 4. The van der Waals surface area contributed by atoms with Crippen molar-refractivity contribution in [2.75, 3.05) is 33.3 Å². The Bertz CT molecular complexity index is 1030. The van der Waals surface area contributed by atoms with Crippen molar-refractivity contribution >= 4 is 21.5 Å². The van der Waals surface area contributed by atoms with Crippen LogP contribution in [-0.2, 0) is 10.0 Å². The molecular formula is C23H28N2O4S. The van der Waals surface area contributed by atoms with E-state index in [1.165, 1.54) is 28.6 Å². The van der Waals surface area contributed by atoms with Crippen molar-refractivity contribution in [3.63, 3.8) is 0 Å². The predicted molar refractivity (Wildman–Crippen MR) is 118 cm³/mol. The average molecular weight is 429 g/mol. The molecule has 2 aromatic rings. The Morgan fingerprint density at radius 1 is 1.10 bits per heavy atom. The van der Waals surface area contributed by atoms with Crippen molar-refractivity contribution in [3.05, 3.63) is 65.7 Å². The highest BCUT2D eigenvalue weighted by atomic mass is 32.2. The summed E-state index contributed by atoms with van der Waals surface area (Å²) in [7, 11) is -2.32. The molecule has 0 N–H and O–H groups in total. The Kier molecular flexibility index (Phi) is 6.95. The first kappa shape index (κ1) is 22.1. The third-order valence-corrected chi connectivity index (χ3v) is 7.45. The van der Waals surface area contributed by atoms with E-state index >= 15 is 0 Å². The molecule has 0 fully saturated rings. The lowest BCUT2D eigenvalue weighted by atomic mass is 9.99. The predicted octanol–water partition coefficient (Wildman–Crippen LogP) is 3.66. The van der Waals surface area contributed by atoms with Gasteiger partial charge in [0.25, 0.3) is 5.91 Å². The number of rotatable bonds is 7. The van der Waals surface area contributed by atoms with Gasteiger partial charge in [-0.05, 0) is 35.8 Å². The first-order chi connectivity index (χ1) is 14.4. The van der Waals surface area contributed by atoms with Crippen LogP contribution in [0.15, 0.2) is 59.5 Å². The van der Waals surface area contributed by atoms with Gasteiger partial charge in [0.15, 0.2) is 0 Å². The molecule has 0 unspecified atom stereocenters. The van der Waals surface area contributed by atoms with Crippen LogP contribution in [-0.4, -0.2) is 56.8 Å². The van der Waals surface area contributed by atoms with E-state index in [1.807, 2.05) is 18.2 Å². The lowest BCUT2D eigenvalue weighted by molar-refractivity contribution is 0.0772. The molecule has 0 saturated carbocycles. The maximum absolute atomic E-state index is 13.1. The summed E-state index contributed by atoms with van der Waals surface area (Å²) in [6, 6.07) is 14.7. The maximum atomic E-state index is 13.1. The topological polar surface area (TPSA) is 66.9 Å². The van der Waals surface area contributed by atoms with Crippen molar-refractivity contribution in [3.8, 4) is 5.75 Å². The molecule has 6 nitrogen and oxygen atoms in total. The molecule has 0 aliphatic carbocycles. The minimum absolute atomic E-state index is 0.0251. The second-order valence-electron chi connectivity index (χ2n) is 7.05. The Morgan fingerprint density at radius 2 is 1.80 bits per heavy atom. The Balaban J connectivity index is 1.86. The zero-order chi connectivity index (χ0) is 21.7. The highest BCUT2D eigenvalue weighted by Gasteiger charge is 2.28. The van der Waals surface area contributed by atoms with E-state index in [4.69, 9.17) is 4.74 Å². The van der Waals surface area contributed by atoms with Crippen LogP contribution in [0.4, 0.5) is 0 Å². The van der Waals surface area contributed by atoms with Crippen molar-refractivity contribution in [2.24, 2.45) is 0 Å². The molecule has 7 heteroatoms. The summed E-state index contributed by atoms with van der Waals surface area (Å²) < 4.78 is 32.7. The van der Waals surface area contributed by atoms with Crippen LogP contribution in [0.5, 0.6) is 5.75 Å². The molecule has 1 aliphatic rings. The van der Waals surface area contributed by atoms with Gasteiger partial charge in [0, 0.05) is 31.7 Å². The third-order valence-electron chi connectivity index (χ3n) is 5.37. The maximum Gasteiger partial charge on any atom is 0.254 e. The van der Waals surface area contributed by atoms with E-state index in [0.29, 0.717) is 31.7 Å². The second kappa shape index (κ2) is 9.45. The number of amides is 1. The Morgan fingerprint density at radius 3 is 2.37 bits per heavy atom. The smallest absolute Gasteiger partial charge is 0.254 e. The molecule has 0 radical (unpaired) electrons. The number of ether oxygens (including phenoxy) is 1. The van der Waals surface area contributed by atoms with Crippen molar-refractivity contribution in [1.82, 2.24) is 9.21 Å². The van der Waals surface area contributed by atoms with E-state index in [2.05, 4.69) is 18.2 Å². The molecule has 1 amide bonds. The first-order valence-electron chi connectivity index (χ1n) is 10.1. The fraction of sp³-hybridized carbons (Fsp3) is 0.348. The van der Waals surface area contributed by atoms with E-state index < -0.39 is 10.0 Å². The van der Waals surface area contributed by atoms with Gasteiger partial charge in [-0.25, -0.2) is 8.42 Å². The Hall–Kier alpha value is -2.64. The van der Waals surface area contributed by atoms with Gasteiger partial charge in [0.05, 0.1) is 7.11 Å². The SMILES string of the molecule is CCN(CC)S(=O)(=O)c1cc(C(=O)N2CC=C(c3ccccc3)CC2)ccc1OC. The van der Waals surface area contributed by atoms with Crippen LogP contribution < -0.4 is 4.74 Å². The number of methoxy groups -OCH3 is 1. The molecule has 0 spiro atoms. The van der Waals surface area contributed by atoms with Crippen LogP contribution in [0.25, 0.3) is 5.57 Å². The fourth-order valence-electron chi connectivity index (χ4n) is 3.66. The van der Waals surface area contributed by atoms with E-state index in [9.17, 15) is 13.2 Å². The molecule has 160 valence electrons. The fourth-order valence-corrected chi connectivity index (χ4v) is 5.30. The molecule has 0 atom stereocenters. The summed E-state index contributed by atoms with van der Waals surface area (Å²) >= 11 is 0. The molecule has 2 aromatic carbocycles. The highest BCUT2D eigenvalue weighted by molar-refractivity contribution is 7.89. The van der Waals surface area contributed by atoms with Crippen LogP contribution in [0.2, 0.25) is 0 Å². The summed E-state index contributed by atoms with van der Waals surface area (Å²) in [6.45, 7) is 5.34. The molecular weight excluding hydrogens is 400 g/mol. The first-order valence-corrected chi connectivity index (χ1v) is 11.6. The van der Waals surface area contributed by atoms with Gasteiger partial charge >= 0.3 is 0 Å². The summed E-state index contributed by atoms with van der Waals surface area (Å²) in [5.41, 5.74) is 2.74. The molecule has 30 heavy (non-hydrogen) atoms. The number of sulfonamides is 1. The van der Waals surface area contributed by atoms with Crippen molar-refractivity contribution < 1.29 is 17.9 Å². The number of carbonyl (C=O) groups is 1. The highest BCUT2D eigenvalue weighted by Crippen LogP contribution is 2.29. The van der Waals surface area contributed by atoms with Gasteiger partial charge in [-0.15, -0.1) is 0 Å². The quantitative estimate of drug-likeness (QED) is 0.675. The molecule has 3 rings (SSSR count). The van der Waals surface area contributed by atoms with Crippen molar-refractivity contribution in [1.29, 1.82) is 0 Å². The molecule has 1 heterocycles. The number of benzene rings is 2. The summed E-state index contributed by atoms with van der Waals surface area (Å²) in [4.78, 5) is 14.8. The van der Waals surface area contributed by atoms with Crippen LogP contribution in [0.1, 0.15) is 36.2 Å². The van der Waals surface area contributed by atoms with Gasteiger partial charge in [-0.2, -0.15) is 4.31 Å². The molecule has 0 saturated heterocycles. The van der Waals surface area contributed by atoms with E-state index in [-0.39, 0.29) is 16.6 Å². The van der Waals surface area contributed by atoms with E-state index in [0.717, 1.165) is 6.42 Å². The Labute approximate surface area is 178 Å².